The highest BCUT2D eigenvalue weighted by Gasteiger charge is 2.22. The first-order valence-electron chi connectivity index (χ1n) is 8.04. The zero-order valence-corrected chi connectivity index (χ0v) is 16.6. The fourth-order valence-corrected chi connectivity index (χ4v) is 3.14. The number of amides is 1. The fourth-order valence-electron chi connectivity index (χ4n) is 2.88. The Morgan fingerprint density at radius 3 is 2.27 bits per heavy atom. The van der Waals surface area contributed by atoms with Gasteiger partial charge in [0.1, 0.15) is 0 Å². The molecule has 0 fully saturated rings. The maximum Gasteiger partial charge on any atom is 0.243 e. The number of methoxy groups -OCH3 is 2. The Labute approximate surface area is 161 Å². The van der Waals surface area contributed by atoms with E-state index >= 15 is 0 Å². The summed E-state index contributed by atoms with van der Waals surface area (Å²) >= 11 is 3.45. The van der Waals surface area contributed by atoms with E-state index in [1.165, 1.54) is 11.9 Å². The molecule has 0 saturated carbocycles. The molecule has 26 heavy (non-hydrogen) atoms. The van der Waals surface area contributed by atoms with E-state index in [9.17, 15) is 4.79 Å². The Balaban J connectivity index is 2.30. The van der Waals surface area contributed by atoms with Crippen LogP contribution in [0.2, 0.25) is 0 Å². The highest BCUT2D eigenvalue weighted by Crippen LogP contribution is 2.35. The molecule has 0 aliphatic carbocycles. The minimum absolute atomic E-state index is 0.153. The van der Waals surface area contributed by atoms with E-state index in [0.29, 0.717) is 17.2 Å². The Hall–Kier alpha value is -2.60. The Kier molecular flexibility index (Phi) is 5.13. The first-order chi connectivity index (χ1) is 12.4. The molecule has 2 aromatic rings. The molecule has 134 valence electrons. The third-order valence-corrected chi connectivity index (χ3v) is 4.65. The second-order valence-electron chi connectivity index (χ2n) is 5.87. The number of hydrogen-bond acceptors (Lipinski definition) is 4. The van der Waals surface area contributed by atoms with Gasteiger partial charge in [-0.05, 0) is 42.8 Å². The first-order valence-corrected chi connectivity index (χ1v) is 8.84. The van der Waals surface area contributed by atoms with Gasteiger partial charge in [-0.3, -0.25) is 4.79 Å². The lowest BCUT2D eigenvalue weighted by Crippen LogP contribution is -2.22. The van der Waals surface area contributed by atoms with Gasteiger partial charge in [-0.1, -0.05) is 28.1 Å². The molecular weight excluding hydrogens is 396 g/mol. The molecule has 0 bridgehead atoms. The highest BCUT2D eigenvalue weighted by atomic mass is 79.9. The van der Waals surface area contributed by atoms with Gasteiger partial charge in [0.2, 0.25) is 5.91 Å². The van der Waals surface area contributed by atoms with E-state index < -0.39 is 0 Å². The van der Waals surface area contributed by atoms with Crippen LogP contribution < -0.4 is 9.47 Å². The van der Waals surface area contributed by atoms with Crippen LogP contribution in [0.5, 0.6) is 11.5 Å². The van der Waals surface area contributed by atoms with E-state index in [1.54, 1.807) is 14.2 Å². The van der Waals surface area contributed by atoms with Crippen LogP contribution in [0, 0.1) is 0 Å². The van der Waals surface area contributed by atoms with Gasteiger partial charge in [0, 0.05) is 28.2 Å². The maximum atomic E-state index is 12.1. The maximum absolute atomic E-state index is 12.1. The largest absolute Gasteiger partial charge is 0.493 e. The van der Waals surface area contributed by atoms with Crippen molar-refractivity contribution in [1.82, 2.24) is 5.01 Å². The smallest absolute Gasteiger partial charge is 0.243 e. The van der Waals surface area contributed by atoms with Crippen molar-refractivity contribution >= 4 is 33.6 Å². The van der Waals surface area contributed by atoms with Crippen molar-refractivity contribution in [1.29, 1.82) is 0 Å². The van der Waals surface area contributed by atoms with Crippen molar-refractivity contribution < 1.29 is 14.3 Å². The van der Waals surface area contributed by atoms with Gasteiger partial charge < -0.3 is 9.47 Å². The molecule has 0 aromatic heterocycles. The number of hydrogen-bond donors (Lipinski definition) is 0. The van der Waals surface area contributed by atoms with Gasteiger partial charge in [-0.25, -0.2) is 5.01 Å². The average molecular weight is 415 g/mol. The second kappa shape index (κ2) is 7.33. The lowest BCUT2D eigenvalue weighted by atomic mass is 9.96. The molecule has 1 aliphatic heterocycles. The van der Waals surface area contributed by atoms with Crippen LogP contribution in [-0.2, 0) is 4.79 Å². The molecule has 0 saturated heterocycles. The molecular formula is C20H19BrN2O3. The fraction of sp³-hybridized carbons (Fsp3) is 0.200. The highest BCUT2D eigenvalue weighted by molar-refractivity contribution is 9.10. The van der Waals surface area contributed by atoms with Crippen molar-refractivity contribution in [3.63, 3.8) is 0 Å². The number of nitrogens with zero attached hydrogens (tertiary/aromatic N) is 2. The molecule has 0 unspecified atom stereocenters. The van der Waals surface area contributed by atoms with Gasteiger partial charge in [0.25, 0.3) is 0 Å². The SMILES string of the molecule is COc1cc2c(cc1OC)C(c1ccc(Br)cc1)=NN(C(C)=O)C(C)=C2. The normalized spacial score (nSPS) is 13.3. The van der Waals surface area contributed by atoms with Crippen LogP contribution in [0.3, 0.4) is 0 Å². The van der Waals surface area contributed by atoms with Gasteiger partial charge in [0.15, 0.2) is 11.5 Å². The third kappa shape index (κ3) is 3.37. The Bertz CT molecular complexity index is 917. The number of rotatable bonds is 3. The number of allylic oxidation sites excluding steroid dienone is 1. The molecule has 0 atom stereocenters. The minimum atomic E-state index is -0.153. The Morgan fingerprint density at radius 1 is 1.08 bits per heavy atom. The van der Waals surface area contributed by atoms with E-state index in [4.69, 9.17) is 9.47 Å². The predicted molar refractivity (Wildman–Crippen MR) is 105 cm³/mol. The molecule has 1 heterocycles. The van der Waals surface area contributed by atoms with Crippen molar-refractivity contribution in [2.24, 2.45) is 5.10 Å². The Morgan fingerprint density at radius 2 is 1.69 bits per heavy atom. The number of halogens is 1. The lowest BCUT2D eigenvalue weighted by Gasteiger charge is -2.16. The molecule has 6 heteroatoms. The summed E-state index contributed by atoms with van der Waals surface area (Å²) in [6.07, 6.45) is 1.92. The number of benzene rings is 2. The predicted octanol–water partition coefficient (Wildman–Crippen LogP) is 4.44. The standard InChI is InChI=1S/C20H19BrN2O3/c1-12-9-15-10-18(25-3)19(26-4)11-17(15)20(22-23(12)13(2)24)14-5-7-16(21)8-6-14/h5-11H,1-4H3. The van der Waals surface area contributed by atoms with Gasteiger partial charge >= 0.3 is 0 Å². The number of hydrazone groups is 1. The van der Waals surface area contributed by atoms with Crippen molar-refractivity contribution in [2.75, 3.05) is 14.2 Å². The summed E-state index contributed by atoms with van der Waals surface area (Å²) in [6.45, 7) is 3.35. The van der Waals surface area contributed by atoms with Gasteiger partial charge in [-0.15, -0.1) is 0 Å². The molecule has 3 rings (SSSR count). The summed E-state index contributed by atoms with van der Waals surface area (Å²) in [4.78, 5) is 12.1. The first kappa shape index (κ1) is 18.2. The molecule has 0 spiro atoms. The minimum Gasteiger partial charge on any atom is -0.493 e. The van der Waals surface area contributed by atoms with E-state index in [1.807, 2.05) is 49.4 Å². The molecule has 1 amide bonds. The van der Waals surface area contributed by atoms with E-state index in [-0.39, 0.29) is 5.91 Å². The topological polar surface area (TPSA) is 51.1 Å². The monoisotopic (exact) mass is 414 g/mol. The quantitative estimate of drug-likeness (QED) is 0.745. The van der Waals surface area contributed by atoms with Crippen molar-refractivity contribution in [3.8, 4) is 11.5 Å². The molecule has 0 N–H and O–H groups in total. The summed E-state index contributed by atoms with van der Waals surface area (Å²) in [5.74, 6) is 1.08. The summed E-state index contributed by atoms with van der Waals surface area (Å²) in [7, 11) is 3.20. The van der Waals surface area contributed by atoms with Crippen LogP contribution in [0.15, 0.2) is 51.7 Å². The summed E-state index contributed by atoms with van der Waals surface area (Å²) in [5.41, 5.74) is 4.10. The molecule has 0 radical (unpaired) electrons. The molecule has 5 nitrogen and oxygen atoms in total. The van der Waals surface area contributed by atoms with Gasteiger partial charge in [0.05, 0.1) is 19.9 Å². The molecule has 1 aliphatic rings. The summed E-state index contributed by atoms with van der Waals surface area (Å²) < 4.78 is 11.9. The number of carbonyl (C=O) groups is 1. The summed E-state index contributed by atoms with van der Waals surface area (Å²) in [5, 5.41) is 6.06. The van der Waals surface area contributed by atoms with Crippen molar-refractivity contribution in [2.45, 2.75) is 13.8 Å². The van der Waals surface area contributed by atoms with E-state index in [2.05, 4.69) is 21.0 Å². The zero-order valence-electron chi connectivity index (χ0n) is 15.0. The summed E-state index contributed by atoms with van der Waals surface area (Å²) in [6, 6.07) is 11.6. The number of ether oxygens (including phenoxy) is 2. The third-order valence-electron chi connectivity index (χ3n) is 4.13. The number of fused-ring (bicyclic) bond motifs is 1. The van der Waals surface area contributed by atoms with Crippen LogP contribution in [0.25, 0.3) is 6.08 Å². The molecule has 2 aromatic carbocycles. The number of carbonyl (C=O) groups excluding carboxylic acids is 1. The zero-order chi connectivity index (χ0) is 18.8. The van der Waals surface area contributed by atoms with Crippen LogP contribution >= 0.6 is 15.9 Å². The van der Waals surface area contributed by atoms with Crippen molar-refractivity contribution in [3.05, 3.63) is 63.3 Å². The average Bonchev–Trinajstić information content (AvgIpc) is 2.77. The second-order valence-corrected chi connectivity index (χ2v) is 6.78. The van der Waals surface area contributed by atoms with Crippen LogP contribution in [0.1, 0.15) is 30.5 Å². The lowest BCUT2D eigenvalue weighted by molar-refractivity contribution is -0.126. The van der Waals surface area contributed by atoms with Gasteiger partial charge in [-0.2, -0.15) is 5.10 Å². The van der Waals surface area contributed by atoms with Crippen LogP contribution in [0.4, 0.5) is 0 Å². The van der Waals surface area contributed by atoms with Crippen LogP contribution in [-0.4, -0.2) is 30.8 Å². The van der Waals surface area contributed by atoms with E-state index in [0.717, 1.165) is 26.9 Å².